The van der Waals surface area contributed by atoms with Crippen molar-refractivity contribution < 1.29 is 17.4 Å². The Balaban J connectivity index is 0.926. The molecule has 3 aliphatic heterocycles. The molecule has 4 heterocycles. The number of aromatic nitrogens is 2. The fourth-order valence-electron chi connectivity index (χ4n) is 12.0. The topological polar surface area (TPSA) is 99.2 Å². The number of hydrogen-bond donors (Lipinski definition) is 0. The molecule has 3 saturated carbocycles. The molecule has 4 aliphatic carbocycles. The summed E-state index contributed by atoms with van der Waals surface area (Å²) in [6.07, 6.45) is 15.9. The molecule has 7 aliphatic rings. The summed E-state index contributed by atoms with van der Waals surface area (Å²) >= 11 is 0. The first-order valence-electron chi connectivity index (χ1n) is 19.7. The normalized spacial score (nSPS) is 35.4. The number of ketones is 1. The fourth-order valence-corrected chi connectivity index (χ4v) is 12.5. The number of anilines is 3. The lowest BCUT2D eigenvalue weighted by atomic mass is 9.47. The molecule has 274 valence electrons. The highest BCUT2D eigenvalue weighted by atomic mass is 32.2. The Morgan fingerprint density at radius 2 is 1.48 bits per heavy atom. The van der Waals surface area contributed by atoms with Gasteiger partial charge in [0.25, 0.3) is 0 Å². The zero-order valence-corrected chi connectivity index (χ0v) is 31.6. The third-order valence-corrected chi connectivity index (χ3v) is 14.9. The average Bonchev–Trinajstić information content (AvgIpc) is 3.87. The molecular formula is C39H58N6O4S. The van der Waals surface area contributed by atoms with Gasteiger partial charge in [0.15, 0.2) is 5.78 Å². The largest absolute Gasteiger partial charge is 0.386 e. The number of piperazine rings is 1. The first-order valence-corrected chi connectivity index (χ1v) is 21.5. The van der Waals surface area contributed by atoms with Gasteiger partial charge in [0.1, 0.15) is 17.4 Å². The van der Waals surface area contributed by atoms with Crippen molar-refractivity contribution in [2.45, 2.75) is 85.0 Å². The number of hydrogen-bond acceptors (Lipinski definition) is 10. The summed E-state index contributed by atoms with van der Waals surface area (Å²) in [6.45, 7) is 16.8. The van der Waals surface area contributed by atoms with Gasteiger partial charge in [-0.05, 0) is 112 Å². The molecule has 0 spiro atoms. The van der Waals surface area contributed by atoms with Crippen LogP contribution in [0, 0.1) is 40.4 Å². The molecular weight excluding hydrogens is 649 g/mol. The van der Waals surface area contributed by atoms with Gasteiger partial charge in [-0.3, -0.25) is 9.69 Å². The van der Waals surface area contributed by atoms with E-state index in [0.717, 1.165) is 114 Å². The standard InChI is InChI=1S/C39H58N6O4S/c1-27(26-42-19-21-44(22-20-42)36-25-35(43-15-5-6-16-43)40-37(41-36)45-17-7-8-18-45)31-11-12-32-30-10-9-28-23-29(46)24-34(49-50(4,47)48)39(28,3)33(30)13-14-38(31,32)2/h23-25,27,30-33H,5-22,26H2,1-4H3/t27?,30-,31+,32-,33-,38+,39-/m0/s1. The quantitative estimate of drug-likeness (QED) is 0.315. The molecule has 0 bridgehead atoms. The van der Waals surface area contributed by atoms with E-state index < -0.39 is 15.5 Å². The van der Waals surface area contributed by atoms with Crippen molar-refractivity contribution in [3.63, 3.8) is 0 Å². The number of carbonyl (C=O) groups is 1. The average molecular weight is 707 g/mol. The summed E-state index contributed by atoms with van der Waals surface area (Å²) in [5, 5.41) is 0. The van der Waals surface area contributed by atoms with Crippen LogP contribution < -0.4 is 14.7 Å². The molecule has 3 saturated heterocycles. The number of allylic oxidation sites excluding steroid dienone is 3. The molecule has 1 unspecified atom stereocenters. The molecule has 50 heavy (non-hydrogen) atoms. The van der Waals surface area contributed by atoms with E-state index in [1.807, 2.05) is 0 Å². The van der Waals surface area contributed by atoms with Crippen molar-refractivity contribution in [2.24, 2.45) is 40.4 Å². The SMILES string of the molecule is CC(CN1CCN(c2cc(N3CCCC3)nc(N3CCCC3)n2)CC1)[C@H]1CC[C@H]2[C@@H]3CCC4=CC(=O)C=C(OS(C)(=O)=O)[C@]4(C)[C@H]3CC[C@]12C. The van der Waals surface area contributed by atoms with Gasteiger partial charge in [0, 0.05) is 71.0 Å². The van der Waals surface area contributed by atoms with Crippen molar-refractivity contribution in [2.75, 3.05) is 79.9 Å². The van der Waals surface area contributed by atoms with Gasteiger partial charge in [-0.15, -0.1) is 0 Å². The maximum atomic E-state index is 12.6. The monoisotopic (exact) mass is 706 g/mol. The summed E-state index contributed by atoms with van der Waals surface area (Å²) in [4.78, 5) is 32.8. The Hall–Kier alpha value is -2.66. The predicted octanol–water partition coefficient (Wildman–Crippen LogP) is 5.66. The zero-order valence-electron chi connectivity index (χ0n) is 30.8. The Morgan fingerprint density at radius 1 is 0.840 bits per heavy atom. The van der Waals surface area contributed by atoms with Crippen LogP contribution >= 0.6 is 0 Å². The van der Waals surface area contributed by atoms with E-state index >= 15 is 0 Å². The van der Waals surface area contributed by atoms with Crippen molar-refractivity contribution in [3.8, 4) is 0 Å². The van der Waals surface area contributed by atoms with Gasteiger partial charge in [-0.25, -0.2) is 0 Å². The zero-order chi connectivity index (χ0) is 34.8. The summed E-state index contributed by atoms with van der Waals surface area (Å²) in [5.74, 6) is 6.04. The van der Waals surface area contributed by atoms with Crippen LogP contribution in [0.1, 0.15) is 85.0 Å². The van der Waals surface area contributed by atoms with Crippen LogP contribution in [0.5, 0.6) is 0 Å². The van der Waals surface area contributed by atoms with E-state index in [4.69, 9.17) is 14.2 Å². The third-order valence-electron chi connectivity index (χ3n) is 14.4. The Kier molecular flexibility index (Phi) is 9.01. The Bertz CT molecular complexity index is 1610. The van der Waals surface area contributed by atoms with E-state index in [0.29, 0.717) is 35.3 Å². The van der Waals surface area contributed by atoms with Gasteiger partial charge >= 0.3 is 10.1 Å². The number of carbonyl (C=O) groups excluding carboxylic acids is 1. The number of rotatable bonds is 8. The molecule has 0 aromatic carbocycles. The molecule has 7 atom stereocenters. The van der Waals surface area contributed by atoms with E-state index in [2.05, 4.69) is 46.4 Å². The molecule has 0 radical (unpaired) electrons. The molecule has 0 amide bonds. The first kappa shape index (κ1) is 34.4. The molecule has 0 N–H and O–H groups in total. The molecule has 1 aromatic rings. The van der Waals surface area contributed by atoms with E-state index in [1.165, 1.54) is 44.6 Å². The second-order valence-corrected chi connectivity index (χ2v) is 18.8. The third kappa shape index (κ3) is 6.16. The molecule has 10 nitrogen and oxygen atoms in total. The van der Waals surface area contributed by atoms with Crippen molar-refractivity contribution in [1.82, 2.24) is 14.9 Å². The minimum atomic E-state index is -3.73. The van der Waals surface area contributed by atoms with Gasteiger partial charge in [-0.2, -0.15) is 18.4 Å². The van der Waals surface area contributed by atoms with Crippen LogP contribution in [-0.2, 0) is 19.1 Å². The van der Waals surface area contributed by atoms with Crippen LogP contribution in [0.25, 0.3) is 0 Å². The lowest BCUT2D eigenvalue weighted by molar-refractivity contribution is -0.111. The predicted molar refractivity (Wildman–Crippen MR) is 198 cm³/mol. The Labute approximate surface area is 299 Å². The first-order chi connectivity index (χ1) is 23.9. The lowest BCUT2D eigenvalue weighted by Crippen LogP contribution is -2.52. The number of fused-ring (bicyclic) bond motifs is 5. The van der Waals surface area contributed by atoms with Crippen LogP contribution in [0.2, 0.25) is 0 Å². The van der Waals surface area contributed by atoms with Crippen molar-refractivity contribution >= 4 is 33.5 Å². The van der Waals surface area contributed by atoms with Gasteiger partial charge in [0.2, 0.25) is 5.95 Å². The second-order valence-electron chi connectivity index (χ2n) is 17.3. The van der Waals surface area contributed by atoms with Crippen LogP contribution in [0.3, 0.4) is 0 Å². The highest BCUT2D eigenvalue weighted by Gasteiger charge is 2.61. The van der Waals surface area contributed by atoms with Crippen LogP contribution in [0.15, 0.2) is 29.6 Å². The van der Waals surface area contributed by atoms with Crippen LogP contribution in [0.4, 0.5) is 17.6 Å². The van der Waals surface area contributed by atoms with Gasteiger partial charge in [0.05, 0.1) is 11.7 Å². The van der Waals surface area contributed by atoms with Gasteiger partial charge in [-0.1, -0.05) is 19.4 Å². The minimum Gasteiger partial charge on any atom is -0.386 e. The minimum absolute atomic E-state index is 0.151. The summed E-state index contributed by atoms with van der Waals surface area (Å²) in [5.41, 5.74) is 0.820. The smallest absolute Gasteiger partial charge is 0.305 e. The number of nitrogens with zero attached hydrogens (tertiary/aromatic N) is 6. The van der Waals surface area contributed by atoms with Crippen molar-refractivity contribution in [1.29, 1.82) is 0 Å². The van der Waals surface area contributed by atoms with E-state index in [9.17, 15) is 13.2 Å². The Morgan fingerprint density at radius 3 is 2.14 bits per heavy atom. The fraction of sp³-hybridized carbons (Fsp3) is 0.769. The second kappa shape index (κ2) is 13.1. The van der Waals surface area contributed by atoms with Gasteiger partial charge < -0.3 is 18.9 Å². The van der Waals surface area contributed by atoms with Crippen LogP contribution in [-0.4, -0.2) is 94.2 Å². The van der Waals surface area contributed by atoms with E-state index in [-0.39, 0.29) is 11.2 Å². The lowest BCUT2D eigenvalue weighted by Gasteiger charge is -2.58. The summed E-state index contributed by atoms with van der Waals surface area (Å²) in [7, 11) is -3.73. The van der Waals surface area contributed by atoms with Crippen molar-refractivity contribution in [3.05, 3.63) is 29.6 Å². The summed E-state index contributed by atoms with van der Waals surface area (Å²) < 4.78 is 30.2. The molecule has 8 rings (SSSR count). The molecule has 11 heteroatoms. The van der Waals surface area contributed by atoms with E-state index in [1.54, 1.807) is 6.08 Å². The highest BCUT2D eigenvalue weighted by molar-refractivity contribution is 7.86. The highest BCUT2D eigenvalue weighted by Crippen LogP contribution is 2.68. The summed E-state index contributed by atoms with van der Waals surface area (Å²) in [6, 6.07) is 2.25. The molecule has 6 fully saturated rings. The maximum absolute atomic E-state index is 12.6. The maximum Gasteiger partial charge on any atom is 0.305 e. The molecule has 1 aromatic heterocycles.